The summed E-state index contributed by atoms with van der Waals surface area (Å²) in [6, 6.07) is 7.02. The summed E-state index contributed by atoms with van der Waals surface area (Å²) in [5, 5.41) is 5.46. The van der Waals surface area contributed by atoms with Crippen LogP contribution < -0.4 is 5.32 Å². The lowest BCUT2D eigenvalue weighted by Gasteiger charge is -2.20. The van der Waals surface area contributed by atoms with Crippen LogP contribution in [0.3, 0.4) is 0 Å². The topological polar surface area (TPSA) is 24.9 Å². The first-order valence-electron chi connectivity index (χ1n) is 6.52. The van der Waals surface area contributed by atoms with E-state index >= 15 is 0 Å². The van der Waals surface area contributed by atoms with E-state index in [0.717, 1.165) is 18.5 Å². The van der Waals surface area contributed by atoms with Crippen LogP contribution in [0, 0.1) is 0 Å². The molecule has 1 heterocycles. The number of nitrogens with one attached hydrogen (secondary N) is 1. The van der Waals surface area contributed by atoms with Crippen LogP contribution in [0.5, 0.6) is 0 Å². The van der Waals surface area contributed by atoms with Crippen LogP contribution in [-0.4, -0.2) is 11.5 Å². The maximum absolute atomic E-state index is 6.28. The standard InChI is InChI=1S/C15H14Cl4N2/c1-2-5-20-14(9-3-4-11(17)12(18)6-9)15-13(19)7-10(16)8-21-15/h3-4,6-8,14,20H,2,5H2,1H3. The van der Waals surface area contributed by atoms with Crippen LogP contribution >= 0.6 is 46.4 Å². The molecule has 2 aromatic rings. The fourth-order valence-corrected chi connectivity index (χ4v) is 2.79. The highest BCUT2D eigenvalue weighted by Crippen LogP contribution is 2.31. The highest BCUT2D eigenvalue weighted by atomic mass is 35.5. The summed E-state index contributed by atoms with van der Waals surface area (Å²) in [4.78, 5) is 4.36. The Morgan fingerprint density at radius 1 is 1.05 bits per heavy atom. The number of halogens is 4. The molecule has 0 saturated heterocycles. The van der Waals surface area contributed by atoms with Gasteiger partial charge in [-0.25, -0.2) is 0 Å². The second-order valence-electron chi connectivity index (χ2n) is 4.58. The summed E-state index contributed by atoms with van der Waals surface area (Å²) >= 11 is 24.3. The molecule has 2 rings (SSSR count). The quantitative estimate of drug-likeness (QED) is 0.727. The highest BCUT2D eigenvalue weighted by Gasteiger charge is 2.19. The minimum absolute atomic E-state index is 0.163. The zero-order valence-electron chi connectivity index (χ0n) is 11.3. The molecule has 0 spiro atoms. The van der Waals surface area contributed by atoms with Crippen LogP contribution in [-0.2, 0) is 0 Å². The van der Waals surface area contributed by atoms with Crippen molar-refractivity contribution in [2.45, 2.75) is 19.4 Å². The number of hydrogen-bond donors (Lipinski definition) is 1. The summed E-state index contributed by atoms with van der Waals surface area (Å²) in [6.45, 7) is 2.92. The molecule has 1 aromatic carbocycles. The maximum Gasteiger partial charge on any atom is 0.0805 e. The van der Waals surface area contributed by atoms with Crippen LogP contribution in [0.15, 0.2) is 30.5 Å². The van der Waals surface area contributed by atoms with E-state index in [1.165, 1.54) is 0 Å². The molecule has 112 valence electrons. The zero-order chi connectivity index (χ0) is 15.4. The van der Waals surface area contributed by atoms with Crippen molar-refractivity contribution in [3.05, 3.63) is 61.8 Å². The van der Waals surface area contributed by atoms with E-state index in [4.69, 9.17) is 46.4 Å². The number of nitrogens with zero attached hydrogens (tertiary/aromatic N) is 1. The molecule has 0 radical (unpaired) electrons. The zero-order valence-corrected chi connectivity index (χ0v) is 14.4. The number of hydrogen-bond acceptors (Lipinski definition) is 2. The highest BCUT2D eigenvalue weighted by molar-refractivity contribution is 6.42. The Morgan fingerprint density at radius 2 is 1.81 bits per heavy atom. The third kappa shape index (κ3) is 4.24. The second-order valence-corrected chi connectivity index (χ2v) is 6.24. The molecule has 1 unspecified atom stereocenters. The molecule has 0 aliphatic rings. The first-order chi connectivity index (χ1) is 10.0. The van der Waals surface area contributed by atoms with E-state index in [2.05, 4.69) is 17.2 Å². The molecule has 0 bridgehead atoms. The van der Waals surface area contributed by atoms with Crippen molar-refractivity contribution in [2.24, 2.45) is 0 Å². The van der Waals surface area contributed by atoms with E-state index in [-0.39, 0.29) is 6.04 Å². The molecule has 21 heavy (non-hydrogen) atoms. The Morgan fingerprint density at radius 3 is 2.43 bits per heavy atom. The molecule has 0 fully saturated rings. The number of aromatic nitrogens is 1. The van der Waals surface area contributed by atoms with Gasteiger partial charge in [-0.05, 0) is 36.7 Å². The molecule has 2 nitrogen and oxygen atoms in total. The summed E-state index contributed by atoms with van der Waals surface area (Å²) in [5.74, 6) is 0. The Kier molecular flexibility index (Phi) is 6.15. The normalized spacial score (nSPS) is 12.4. The predicted molar refractivity (Wildman–Crippen MR) is 90.9 cm³/mol. The Hall–Kier alpha value is -0.510. The van der Waals surface area contributed by atoms with Gasteiger partial charge in [0.15, 0.2) is 0 Å². The summed E-state index contributed by atoms with van der Waals surface area (Å²) in [6.07, 6.45) is 2.57. The average Bonchev–Trinajstić information content (AvgIpc) is 2.44. The van der Waals surface area contributed by atoms with Gasteiger partial charge in [-0.15, -0.1) is 0 Å². The Bertz CT molecular complexity index is 631. The van der Waals surface area contributed by atoms with Crippen molar-refractivity contribution in [1.29, 1.82) is 0 Å². The fourth-order valence-electron chi connectivity index (χ4n) is 1.99. The summed E-state index contributed by atoms with van der Waals surface area (Å²) in [7, 11) is 0. The van der Waals surface area contributed by atoms with Gasteiger partial charge in [0.2, 0.25) is 0 Å². The van der Waals surface area contributed by atoms with Crippen LogP contribution in [0.2, 0.25) is 20.1 Å². The summed E-state index contributed by atoms with van der Waals surface area (Å²) < 4.78 is 0. The van der Waals surface area contributed by atoms with Gasteiger partial charge in [0.1, 0.15) is 0 Å². The van der Waals surface area contributed by atoms with Crippen LogP contribution in [0.25, 0.3) is 0 Å². The van der Waals surface area contributed by atoms with E-state index in [0.29, 0.717) is 25.8 Å². The fraction of sp³-hybridized carbons (Fsp3) is 0.267. The van der Waals surface area contributed by atoms with Crippen molar-refractivity contribution in [3.63, 3.8) is 0 Å². The van der Waals surface area contributed by atoms with Crippen molar-refractivity contribution >= 4 is 46.4 Å². The third-order valence-corrected chi connectivity index (χ3v) is 4.23. The van der Waals surface area contributed by atoms with E-state index in [1.54, 1.807) is 18.3 Å². The maximum atomic E-state index is 6.28. The lowest BCUT2D eigenvalue weighted by molar-refractivity contribution is 0.587. The lowest BCUT2D eigenvalue weighted by atomic mass is 10.0. The second kappa shape index (κ2) is 7.66. The minimum atomic E-state index is -0.163. The van der Waals surface area contributed by atoms with Gasteiger partial charge in [0.25, 0.3) is 0 Å². The third-order valence-electron chi connectivity index (χ3n) is 2.99. The first-order valence-corrected chi connectivity index (χ1v) is 8.03. The van der Waals surface area contributed by atoms with Gasteiger partial charge < -0.3 is 5.32 Å². The molecule has 0 aliphatic carbocycles. The van der Waals surface area contributed by atoms with Crippen molar-refractivity contribution in [2.75, 3.05) is 6.54 Å². The molecular weight excluding hydrogens is 350 g/mol. The molecule has 0 amide bonds. The molecule has 0 aliphatic heterocycles. The predicted octanol–water partition coefficient (Wildman–Crippen LogP) is 5.78. The van der Waals surface area contributed by atoms with Crippen molar-refractivity contribution in [3.8, 4) is 0 Å². The van der Waals surface area contributed by atoms with E-state index in [1.807, 2.05) is 12.1 Å². The first kappa shape index (κ1) is 16.9. The summed E-state index contributed by atoms with van der Waals surface area (Å²) in [5.41, 5.74) is 1.67. The van der Waals surface area contributed by atoms with Gasteiger partial charge in [-0.1, -0.05) is 59.4 Å². The van der Waals surface area contributed by atoms with Gasteiger partial charge in [0, 0.05) is 6.20 Å². The molecule has 1 atom stereocenters. The number of benzene rings is 1. The molecule has 1 aromatic heterocycles. The van der Waals surface area contributed by atoms with Gasteiger partial charge in [-0.3, -0.25) is 4.98 Å². The van der Waals surface area contributed by atoms with E-state index < -0.39 is 0 Å². The smallest absolute Gasteiger partial charge is 0.0805 e. The van der Waals surface area contributed by atoms with Crippen LogP contribution in [0.4, 0.5) is 0 Å². The van der Waals surface area contributed by atoms with Crippen molar-refractivity contribution in [1.82, 2.24) is 10.3 Å². The number of pyridine rings is 1. The minimum Gasteiger partial charge on any atom is -0.305 e. The Balaban J connectivity index is 2.44. The van der Waals surface area contributed by atoms with Gasteiger partial charge in [-0.2, -0.15) is 0 Å². The van der Waals surface area contributed by atoms with E-state index in [9.17, 15) is 0 Å². The van der Waals surface area contributed by atoms with Crippen LogP contribution in [0.1, 0.15) is 30.6 Å². The molecular formula is C15H14Cl4N2. The SMILES string of the molecule is CCCNC(c1ccc(Cl)c(Cl)c1)c1ncc(Cl)cc1Cl. The van der Waals surface area contributed by atoms with Gasteiger partial charge >= 0.3 is 0 Å². The van der Waals surface area contributed by atoms with Gasteiger partial charge in [0.05, 0.1) is 31.8 Å². The van der Waals surface area contributed by atoms with Crippen molar-refractivity contribution < 1.29 is 0 Å². The molecule has 0 saturated carbocycles. The monoisotopic (exact) mass is 362 g/mol. The average molecular weight is 364 g/mol. The Labute approximate surface area is 144 Å². The lowest BCUT2D eigenvalue weighted by Crippen LogP contribution is -2.24. The number of rotatable bonds is 5. The molecule has 6 heteroatoms. The largest absolute Gasteiger partial charge is 0.305 e. The molecule has 1 N–H and O–H groups in total.